The van der Waals surface area contributed by atoms with Crippen molar-refractivity contribution in [3.63, 3.8) is 0 Å². The van der Waals surface area contributed by atoms with E-state index in [0.29, 0.717) is 5.92 Å². The molecule has 2 N–H and O–H groups in total. The van der Waals surface area contributed by atoms with Gasteiger partial charge in [0.1, 0.15) is 0 Å². The van der Waals surface area contributed by atoms with Crippen molar-refractivity contribution in [2.75, 3.05) is 20.1 Å². The van der Waals surface area contributed by atoms with Gasteiger partial charge in [-0.2, -0.15) is 0 Å². The minimum atomic E-state index is 0. The molecule has 2 aromatic carbocycles. The van der Waals surface area contributed by atoms with Crippen molar-refractivity contribution in [3.8, 4) is 0 Å². The Bertz CT molecular complexity index is 764. The lowest BCUT2D eigenvalue weighted by atomic mass is 9.88. The third-order valence-electron chi connectivity index (χ3n) is 4.57. The lowest BCUT2D eigenvalue weighted by Crippen LogP contribution is -2.39. The molecule has 0 saturated heterocycles. The van der Waals surface area contributed by atoms with Crippen molar-refractivity contribution in [2.24, 2.45) is 4.99 Å². The van der Waals surface area contributed by atoms with E-state index in [9.17, 15) is 0 Å². The summed E-state index contributed by atoms with van der Waals surface area (Å²) < 4.78 is 2.04. The van der Waals surface area contributed by atoms with Crippen LogP contribution in [0.1, 0.15) is 23.5 Å². The molecule has 0 aliphatic carbocycles. The molecule has 0 spiro atoms. The zero-order chi connectivity index (χ0) is 18.7. The summed E-state index contributed by atoms with van der Waals surface area (Å²) in [4.78, 5) is 8.37. The lowest BCUT2D eigenvalue weighted by molar-refractivity contribution is 0.646. The van der Waals surface area contributed by atoms with E-state index in [1.54, 1.807) is 13.2 Å². The summed E-state index contributed by atoms with van der Waals surface area (Å²) in [6, 6.07) is 21.4. The molecular weight excluding hydrogens is 461 g/mol. The summed E-state index contributed by atoms with van der Waals surface area (Å²) in [7, 11) is 1.80. The van der Waals surface area contributed by atoms with Gasteiger partial charge in [-0.15, -0.1) is 24.0 Å². The highest BCUT2D eigenvalue weighted by Gasteiger charge is 2.13. The maximum atomic E-state index is 4.32. The van der Waals surface area contributed by atoms with Crippen LogP contribution >= 0.6 is 24.0 Å². The number of imidazole rings is 1. The fraction of sp³-hybridized carbons (Fsp3) is 0.273. The highest BCUT2D eigenvalue weighted by atomic mass is 127. The van der Waals surface area contributed by atoms with E-state index in [4.69, 9.17) is 0 Å². The van der Waals surface area contributed by atoms with Crippen LogP contribution in [0.4, 0.5) is 0 Å². The minimum absolute atomic E-state index is 0. The van der Waals surface area contributed by atoms with Crippen LogP contribution in [0.25, 0.3) is 0 Å². The van der Waals surface area contributed by atoms with Crippen LogP contribution in [0.3, 0.4) is 0 Å². The maximum Gasteiger partial charge on any atom is 0.191 e. The highest BCUT2D eigenvalue weighted by Crippen LogP contribution is 2.27. The van der Waals surface area contributed by atoms with Crippen molar-refractivity contribution >= 4 is 29.9 Å². The van der Waals surface area contributed by atoms with Crippen molar-refractivity contribution in [3.05, 3.63) is 90.5 Å². The molecule has 0 bridgehead atoms. The summed E-state index contributed by atoms with van der Waals surface area (Å²) in [6.45, 7) is 2.51. The zero-order valence-electron chi connectivity index (χ0n) is 16.2. The minimum Gasteiger partial charge on any atom is -0.356 e. The fourth-order valence-corrected chi connectivity index (χ4v) is 3.17. The van der Waals surface area contributed by atoms with Crippen LogP contribution < -0.4 is 10.6 Å². The molecule has 0 unspecified atom stereocenters. The third-order valence-corrected chi connectivity index (χ3v) is 4.57. The van der Waals surface area contributed by atoms with Gasteiger partial charge in [0.05, 0.1) is 6.33 Å². The lowest BCUT2D eigenvalue weighted by Gasteiger charge is -2.19. The Morgan fingerprint density at radius 3 is 2.11 bits per heavy atom. The van der Waals surface area contributed by atoms with Crippen LogP contribution in [0.5, 0.6) is 0 Å². The molecule has 3 aromatic rings. The topological polar surface area (TPSA) is 54.2 Å². The Morgan fingerprint density at radius 1 is 0.964 bits per heavy atom. The Balaban J connectivity index is 0.00000280. The van der Waals surface area contributed by atoms with Crippen molar-refractivity contribution in [1.82, 2.24) is 20.2 Å². The third kappa shape index (κ3) is 6.67. The van der Waals surface area contributed by atoms with Gasteiger partial charge in [-0.1, -0.05) is 60.7 Å². The predicted octanol–water partition coefficient (Wildman–Crippen LogP) is 3.89. The molecule has 6 heteroatoms. The number of halogens is 1. The molecule has 0 fully saturated rings. The molecule has 1 aromatic heterocycles. The number of nitrogens with zero attached hydrogens (tertiary/aromatic N) is 3. The summed E-state index contributed by atoms with van der Waals surface area (Å²) in [5.74, 6) is 1.19. The number of benzene rings is 2. The second-order valence-electron chi connectivity index (χ2n) is 6.39. The second kappa shape index (κ2) is 12.2. The average molecular weight is 489 g/mol. The van der Waals surface area contributed by atoms with Gasteiger partial charge in [-0.05, 0) is 17.5 Å². The van der Waals surface area contributed by atoms with E-state index in [0.717, 1.165) is 32.0 Å². The SMILES string of the molecule is CN=C(NCCC(c1ccccc1)c1ccccc1)NCCn1ccnc1.I. The molecule has 3 rings (SSSR count). The first-order valence-electron chi connectivity index (χ1n) is 9.37. The summed E-state index contributed by atoms with van der Waals surface area (Å²) in [6.07, 6.45) is 6.57. The number of rotatable bonds is 8. The van der Waals surface area contributed by atoms with E-state index < -0.39 is 0 Å². The van der Waals surface area contributed by atoms with Crippen LogP contribution in [0.15, 0.2) is 84.4 Å². The van der Waals surface area contributed by atoms with Gasteiger partial charge in [-0.25, -0.2) is 4.98 Å². The van der Waals surface area contributed by atoms with E-state index in [2.05, 4.69) is 81.3 Å². The molecule has 0 saturated carbocycles. The Hall–Kier alpha value is -2.35. The average Bonchev–Trinajstić information content (AvgIpc) is 3.24. The van der Waals surface area contributed by atoms with Crippen LogP contribution in [-0.4, -0.2) is 35.6 Å². The smallest absolute Gasteiger partial charge is 0.191 e. The van der Waals surface area contributed by atoms with Crippen molar-refractivity contribution in [2.45, 2.75) is 18.9 Å². The normalized spacial score (nSPS) is 11.1. The molecule has 0 aliphatic rings. The predicted molar refractivity (Wildman–Crippen MR) is 126 cm³/mol. The molecule has 148 valence electrons. The fourth-order valence-electron chi connectivity index (χ4n) is 3.17. The quantitative estimate of drug-likeness (QED) is 0.287. The molecular formula is C22H28IN5. The highest BCUT2D eigenvalue weighted by molar-refractivity contribution is 14.0. The number of nitrogens with one attached hydrogen (secondary N) is 2. The van der Waals surface area contributed by atoms with Crippen molar-refractivity contribution in [1.29, 1.82) is 0 Å². The standard InChI is InChI=1S/C22H27N5.HI/c1-23-22(26-15-17-27-16-14-24-18-27)25-13-12-21(19-8-4-2-5-9-19)20-10-6-3-7-11-20;/h2-11,14,16,18,21H,12-13,15,17H2,1H3,(H2,23,25,26);1H. The Labute approximate surface area is 184 Å². The maximum absolute atomic E-state index is 4.32. The molecule has 0 aliphatic heterocycles. The monoisotopic (exact) mass is 489 g/mol. The largest absolute Gasteiger partial charge is 0.356 e. The van der Waals surface area contributed by atoms with Crippen LogP contribution in [-0.2, 0) is 6.54 Å². The van der Waals surface area contributed by atoms with Crippen molar-refractivity contribution < 1.29 is 0 Å². The van der Waals surface area contributed by atoms with Gasteiger partial charge < -0.3 is 15.2 Å². The van der Waals surface area contributed by atoms with Gasteiger partial charge in [0.25, 0.3) is 0 Å². The van der Waals surface area contributed by atoms with Crippen LogP contribution in [0, 0.1) is 0 Å². The van der Waals surface area contributed by atoms with Gasteiger partial charge >= 0.3 is 0 Å². The van der Waals surface area contributed by atoms with Gasteiger partial charge in [0.2, 0.25) is 0 Å². The number of aliphatic imine (C=N–C) groups is 1. The van der Waals surface area contributed by atoms with Crippen LogP contribution in [0.2, 0.25) is 0 Å². The summed E-state index contributed by atoms with van der Waals surface area (Å²) in [5.41, 5.74) is 2.68. The molecule has 0 atom stereocenters. The molecule has 28 heavy (non-hydrogen) atoms. The summed E-state index contributed by atoms with van der Waals surface area (Å²) in [5, 5.41) is 6.78. The van der Waals surface area contributed by atoms with Gasteiger partial charge in [0, 0.05) is 45.0 Å². The Morgan fingerprint density at radius 2 is 1.57 bits per heavy atom. The first-order valence-corrected chi connectivity index (χ1v) is 9.37. The number of hydrogen-bond donors (Lipinski definition) is 2. The molecule has 1 heterocycles. The summed E-state index contributed by atoms with van der Waals surface area (Å²) >= 11 is 0. The molecule has 5 nitrogen and oxygen atoms in total. The molecule has 0 radical (unpaired) electrons. The Kier molecular flexibility index (Phi) is 9.54. The zero-order valence-corrected chi connectivity index (χ0v) is 18.5. The number of guanidine groups is 1. The van der Waals surface area contributed by atoms with Gasteiger partial charge in [0.15, 0.2) is 5.96 Å². The number of hydrogen-bond acceptors (Lipinski definition) is 2. The van der Waals surface area contributed by atoms with E-state index in [1.165, 1.54) is 11.1 Å². The van der Waals surface area contributed by atoms with Gasteiger partial charge in [-0.3, -0.25) is 4.99 Å². The second-order valence-corrected chi connectivity index (χ2v) is 6.39. The van der Waals surface area contributed by atoms with E-state index >= 15 is 0 Å². The first kappa shape index (κ1) is 21.9. The number of aromatic nitrogens is 2. The van der Waals surface area contributed by atoms with E-state index in [1.807, 2.05) is 17.1 Å². The molecule has 0 amide bonds. The first-order chi connectivity index (χ1) is 13.4. The van der Waals surface area contributed by atoms with E-state index in [-0.39, 0.29) is 24.0 Å².